The first kappa shape index (κ1) is 13.8. The molecule has 0 radical (unpaired) electrons. The number of carboxylic acid groups (broad SMARTS) is 1. The smallest absolute Gasteiger partial charge is 0.310 e. The summed E-state index contributed by atoms with van der Waals surface area (Å²) >= 11 is 0. The van der Waals surface area contributed by atoms with Crippen LogP contribution in [-0.2, 0) is 14.3 Å². The number of fused-ring (bicyclic) bond motifs is 2. The lowest BCUT2D eigenvalue weighted by molar-refractivity contribution is -0.145. The molecular formula is C16H17NO4. The third-order valence-electron chi connectivity index (χ3n) is 4.13. The van der Waals surface area contributed by atoms with Crippen molar-refractivity contribution in [3.8, 4) is 0 Å². The summed E-state index contributed by atoms with van der Waals surface area (Å²) in [4.78, 5) is 23.8. The van der Waals surface area contributed by atoms with E-state index in [2.05, 4.69) is 5.32 Å². The highest BCUT2D eigenvalue weighted by molar-refractivity contribution is 5.97. The van der Waals surface area contributed by atoms with E-state index in [9.17, 15) is 14.7 Å². The first-order valence-corrected chi connectivity index (χ1v) is 6.92. The Morgan fingerprint density at radius 2 is 1.81 bits per heavy atom. The van der Waals surface area contributed by atoms with Crippen LogP contribution in [0.4, 0.5) is 5.69 Å². The minimum atomic E-state index is -0.993. The van der Waals surface area contributed by atoms with Gasteiger partial charge in [0.25, 0.3) is 0 Å². The van der Waals surface area contributed by atoms with Crippen molar-refractivity contribution in [3.63, 3.8) is 0 Å². The van der Waals surface area contributed by atoms with Crippen LogP contribution in [0.2, 0.25) is 0 Å². The molecule has 110 valence electrons. The molecular weight excluding hydrogens is 270 g/mol. The van der Waals surface area contributed by atoms with Crippen LogP contribution in [0.3, 0.4) is 0 Å². The molecule has 21 heavy (non-hydrogen) atoms. The molecule has 0 spiro atoms. The standard InChI is InChI=1S/C16H17NO4/c1-8-3-4-10(9(2)7-8)17-15(18)13-11-5-6-12(21-11)14(13)16(19)20/h3-7,11-14H,1-2H3,(H,17,18)(H,19,20)/t11-,12-,13+,14+/m1/s1. The van der Waals surface area contributed by atoms with Gasteiger partial charge in [-0.3, -0.25) is 9.59 Å². The number of amides is 1. The van der Waals surface area contributed by atoms with E-state index in [0.29, 0.717) is 5.69 Å². The number of rotatable bonds is 3. The van der Waals surface area contributed by atoms with Gasteiger partial charge in [-0.1, -0.05) is 29.8 Å². The first-order valence-electron chi connectivity index (χ1n) is 6.92. The molecule has 0 unspecified atom stereocenters. The summed E-state index contributed by atoms with van der Waals surface area (Å²) in [5.74, 6) is -2.79. The summed E-state index contributed by atoms with van der Waals surface area (Å²) in [6, 6.07) is 5.72. The molecule has 5 nitrogen and oxygen atoms in total. The SMILES string of the molecule is Cc1ccc(NC(=O)[C@@H]2[C@@H](C(=O)O)[C@H]3C=C[C@H]2O3)c(C)c1. The van der Waals surface area contributed by atoms with E-state index >= 15 is 0 Å². The molecule has 2 aliphatic rings. The number of carbonyl (C=O) groups is 2. The Bertz CT molecular complexity index is 637. The van der Waals surface area contributed by atoms with Crippen molar-refractivity contribution < 1.29 is 19.4 Å². The van der Waals surface area contributed by atoms with E-state index < -0.39 is 30.0 Å². The molecule has 1 aromatic rings. The van der Waals surface area contributed by atoms with E-state index in [4.69, 9.17) is 4.74 Å². The van der Waals surface area contributed by atoms with Crippen molar-refractivity contribution in [2.24, 2.45) is 11.8 Å². The predicted octanol–water partition coefficient (Wildman–Crippen LogP) is 1.90. The largest absolute Gasteiger partial charge is 0.481 e. The normalized spacial score (nSPS) is 29.6. The summed E-state index contributed by atoms with van der Waals surface area (Å²) in [5, 5.41) is 12.2. The molecule has 2 bridgehead atoms. The third-order valence-corrected chi connectivity index (χ3v) is 4.13. The number of nitrogens with one attached hydrogen (secondary N) is 1. The number of ether oxygens (including phenoxy) is 1. The van der Waals surface area contributed by atoms with Crippen molar-refractivity contribution in [2.45, 2.75) is 26.1 Å². The van der Waals surface area contributed by atoms with Gasteiger partial charge in [-0.25, -0.2) is 0 Å². The van der Waals surface area contributed by atoms with Gasteiger partial charge in [0.1, 0.15) is 5.92 Å². The molecule has 1 fully saturated rings. The van der Waals surface area contributed by atoms with E-state index in [1.165, 1.54) is 0 Å². The molecule has 0 aliphatic carbocycles. The van der Waals surface area contributed by atoms with Gasteiger partial charge in [0.05, 0.1) is 18.1 Å². The summed E-state index contributed by atoms with van der Waals surface area (Å²) in [6.07, 6.45) is 2.56. The van der Waals surface area contributed by atoms with Gasteiger partial charge >= 0.3 is 5.97 Å². The Kier molecular flexibility index (Phi) is 3.29. The van der Waals surface area contributed by atoms with Crippen molar-refractivity contribution in [3.05, 3.63) is 41.5 Å². The minimum absolute atomic E-state index is 0.300. The van der Waals surface area contributed by atoms with Crippen LogP contribution in [0.25, 0.3) is 0 Å². The predicted molar refractivity (Wildman–Crippen MR) is 77.0 cm³/mol. The molecule has 1 amide bonds. The first-order chi connectivity index (χ1) is 9.97. The number of aliphatic carboxylic acids is 1. The minimum Gasteiger partial charge on any atom is -0.481 e. The second kappa shape index (κ2) is 5.00. The molecule has 3 rings (SSSR count). The average Bonchev–Trinajstić information content (AvgIpc) is 3.02. The van der Waals surface area contributed by atoms with Crippen molar-refractivity contribution >= 4 is 17.6 Å². The Morgan fingerprint density at radius 3 is 2.43 bits per heavy atom. The fourth-order valence-corrected chi connectivity index (χ4v) is 3.08. The van der Waals surface area contributed by atoms with Crippen molar-refractivity contribution in [2.75, 3.05) is 5.32 Å². The van der Waals surface area contributed by atoms with Crippen LogP contribution in [-0.4, -0.2) is 29.2 Å². The van der Waals surface area contributed by atoms with Gasteiger partial charge < -0.3 is 15.2 Å². The van der Waals surface area contributed by atoms with E-state index in [-0.39, 0.29) is 5.91 Å². The van der Waals surface area contributed by atoms with Gasteiger partial charge in [-0.2, -0.15) is 0 Å². The molecule has 2 heterocycles. The summed E-state index contributed by atoms with van der Waals surface area (Å²) in [6.45, 7) is 3.89. The number of aryl methyl sites for hydroxylation is 2. The third kappa shape index (κ3) is 2.34. The van der Waals surface area contributed by atoms with E-state index in [0.717, 1.165) is 11.1 Å². The maximum Gasteiger partial charge on any atom is 0.310 e. The molecule has 1 saturated heterocycles. The van der Waals surface area contributed by atoms with E-state index in [1.54, 1.807) is 12.2 Å². The lowest BCUT2D eigenvalue weighted by Gasteiger charge is -2.21. The summed E-state index contributed by atoms with van der Waals surface area (Å²) < 4.78 is 5.51. The molecule has 2 aliphatic heterocycles. The molecule has 4 atom stereocenters. The maximum atomic E-state index is 12.5. The zero-order valence-electron chi connectivity index (χ0n) is 11.9. The molecule has 2 N–H and O–H groups in total. The number of benzene rings is 1. The van der Waals surface area contributed by atoms with Gasteiger partial charge in [0, 0.05) is 5.69 Å². The maximum absolute atomic E-state index is 12.5. The Hall–Kier alpha value is -2.14. The zero-order chi connectivity index (χ0) is 15.1. The summed E-state index contributed by atoms with van der Waals surface area (Å²) in [5.41, 5.74) is 2.77. The second-order valence-corrected chi connectivity index (χ2v) is 5.65. The molecule has 1 aromatic carbocycles. The van der Waals surface area contributed by atoms with Crippen LogP contribution < -0.4 is 5.32 Å². The fraction of sp³-hybridized carbons (Fsp3) is 0.375. The molecule has 0 aromatic heterocycles. The number of hydrogen-bond acceptors (Lipinski definition) is 3. The topological polar surface area (TPSA) is 75.6 Å². The van der Waals surface area contributed by atoms with Crippen LogP contribution in [0.1, 0.15) is 11.1 Å². The van der Waals surface area contributed by atoms with Crippen LogP contribution in [0.15, 0.2) is 30.4 Å². The lowest BCUT2D eigenvalue weighted by atomic mass is 9.82. The quantitative estimate of drug-likeness (QED) is 0.833. The number of hydrogen-bond donors (Lipinski definition) is 2. The Morgan fingerprint density at radius 1 is 1.14 bits per heavy atom. The second-order valence-electron chi connectivity index (χ2n) is 5.65. The van der Waals surface area contributed by atoms with Gasteiger partial charge in [0.2, 0.25) is 5.91 Å². The monoisotopic (exact) mass is 287 g/mol. The fourth-order valence-electron chi connectivity index (χ4n) is 3.08. The van der Waals surface area contributed by atoms with Crippen LogP contribution >= 0.6 is 0 Å². The Labute approximate surface area is 122 Å². The van der Waals surface area contributed by atoms with E-state index in [1.807, 2.05) is 32.0 Å². The highest BCUT2D eigenvalue weighted by Gasteiger charge is 2.53. The number of carbonyl (C=O) groups excluding carboxylic acids is 1. The molecule has 0 saturated carbocycles. The zero-order valence-corrected chi connectivity index (χ0v) is 11.9. The lowest BCUT2D eigenvalue weighted by Crippen LogP contribution is -2.39. The van der Waals surface area contributed by atoms with Gasteiger partial charge in [-0.15, -0.1) is 0 Å². The van der Waals surface area contributed by atoms with Gasteiger partial charge in [-0.05, 0) is 25.5 Å². The highest BCUT2D eigenvalue weighted by Crippen LogP contribution is 2.40. The highest BCUT2D eigenvalue weighted by atomic mass is 16.5. The summed E-state index contributed by atoms with van der Waals surface area (Å²) in [7, 11) is 0. The molecule has 5 heteroatoms. The number of anilines is 1. The van der Waals surface area contributed by atoms with Crippen molar-refractivity contribution in [1.82, 2.24) is 0 Å². The van der Waals surface area contributed by atoms with Crippen LogP contribution in [0.5, 0.6) is 0 Å². The van der Waals surface area contributed by atoms with Crippen LogP contribution in [0, 0.1) is 25.7 Å². The van der Waals surface area contributed by atoms with Crippen molar-refractivity contribution in [1.29, 1.82) is 0 Å². The van der Waals surface area contributed by atoms with Gasteiger partial charge in [0.15, 0.2) is 0 Å². The Balaban J connectivity index is 1.82. The number of carboxylic acids is 1. The average molecular weight is 287 g/mol.